The number of halogens is 1. The first-order valence-corrected chi connectivity index (χ1v) is 7.61. The summed E-state index contributed by atoms with van der Waals surface area (Å²) >= 11 is 3.45. The summed E-state index contributed by atoms with van der Waals surface area (Å²) in [5, 5.41) is 3.11. The van der Waals surface area contributed by atoms with Gasteiger partial charge in [0.15, 0.2) is 5.65 Å². The summed E-state index contributed by atoms with van der Waals surface area (Å²) in [4.78, 5) is 16.6. The summed E-state index contributed by atoms with van der Waals surface area (Å²) < 4.78 is 2.66. The van der Waals surface area contributed by atoms with E-state index in [2.05, 4.69) is 26.2 Å². The van der Waals surface area contributed by atoms with Crippen LogP contribution in [0.15, 0.2) is 29.1 Å². The minimum atomic E-state index is -0.0494. The zero-order chi connectivity index (χ0) is 14.1. The lowest BCUT2D eigenvalue weighted by molar-refractivity contribution is 0.0928. The molecule has 3 N–H and O–H groups in total. The third-order valence-corrected chi connectivity index (χ3v) is 4.57. The van der Waals surface area contributed by atoms with Crippen LogP contribution in [0, 0.1) is 5.92 Å². The smallest absolute Gasteiger partial charge is 0.253 e. The highest BCUT2D eigenvalue weighted by Crippen LogP contribution is 2.25. The SMILES string of the molecule is NCC1CCCC1NC(=O)c1cc(Br)c2nccn2c1. The van der Waals surface area contributed by atoms with Crippen molar-refractivity contribution in [3.05, 3.63) is 34.7 Å². The average molecular weight is 337 g/mol. The molecule has 2 unspecified atom stereocenters. The molecule has 0 radical (unpaired) electrons. The van der Waals surface area contributed by atoms with Crippen LogP contribution in [0.25, 0.3) is 5.65 Å². The van der Waals surface area contributed by atoms with Crippen LogP contribution >= 0.6 is 15.9 Å². The second-order valence-corrected chi connectivity index (χ2v) is 6.10. The number of fused-ring (bicyclic) bond motifs is 1. The maximum atomic E-state index is 12.4. The Kier molecular flexibility index (Phi) is 3.76. The van der Waals surface area contributed by atoms with Gasteiger partial charge in [-0.2, -0.15) is 0 Å². The second kappa shape index (κ2) is 5.54. The number of carbonyl (C=O) groups is 1. The number of rotatable bonds is 3. The molecule has 1 fully saturated rings. The molecule has 2 atom stereocenters. The van der Waals surface area contributed by atoms with Gasteiger partial charge in [0.25, 0.3) is 5.91 Å². The van der Waals surface area contributed by atoms with Gasteiger partial charge in [-0.25, -0.2) is 4.98 Å². The van der Waals surface area contributed by atoms with Crippen LogP contribution in [-0.2, 0) is 0 Å². The van der Waals surface area contributed by atoms with E-state index >= 15 is 0 Å². The van der Waals surface area contributed by atoms with E-state index in [4.69, 9.17) is 5.73 Å². The number of nitrogens with zero attached hydrogens (tertiary/aromatic N) is 2. The number of carbonyl (C=O) groups excluding carboxylic acids is 1. The quantitative estimate of drug-likeness (QED) is 0.899. The van der Waals surface area contributed by atoms with Gasteiger partial charge >= 0.3 is 0 Å². The first-order valence-electron chi connectivity index (χ1n) is 6.82. The summed E-state index contributed by atoms with van der Waals surface area (Å²) in [7, 11) is 0. The molecule has 20 heavy (non-hydrogen) atoms. The van der Waals surface area contributed by atoms with Crippen LogP contribution in [0.1, 0.15) is 29.6 Å². The molecule has 2 aromatic rings. The lowest BCUT2D eigenvalue weighted by atomic mass is 10.0. The van der Waals surface area contributed by atoms with Crippen molar-refractivity contribution < 1.29 is 4.79 Å². The lowest BCUT2D eigenvalue weighted by Crippen LogP contribution is -2.39. The van der Waals surface area contributed by atoms with Crippen LogP contribution < -0.4 is 11.1 Å². The number of amides is 1. The fourth-order valence-electron chi connectivity index (χ4n) is 2.88. The molecule has 1 saturated carbocycles. The molecular formula is C14H17BrN4O. The van der Waals surface area contributed by atoms with Crippen molar-refractivity contribution in [1.29, 1.82) is 0 Å². The Morgan fingerprint density at radius 1 is 1.55 bits per heavy atom. The summed E-state index contributed by atoms with van der Waals surface area (Å²) in [5.41, 5.74) is 7.19. The number of nitrogens with one attached hydrogen (secondary N) is 1. The van der Waals surface area contributed by atoms with Gasteiger partial charge in [0.1, 0.15) is 0 Å². The van der Waals surface area contributed by atoms with Gasteiger partial charge in [0.2, 0.25) is 0 Å². The van der Waals surface area contributed by atoms with Crippen LogP contribution in [0.3, 0.4) is 0 Å². The second-order valence-electron chi connectivity index (χ2n) is 5.24. The molecule has 6 heteroatoms. The first-order chi connectivity index (χ1) is 9.69. The number of aromatic nitrogens is 2. The highest BCUT2D eigenvalue weighted by molar-refractivity contribution is 9.10. The molecule has 0 aliphatic heterocycles. The van der Waals surface area contributed by atoms with Crippen LogP contribution in [0.5, 0.6) is 0 Å². The average Bonchev–Trinajstić information content (AvgIpc) is 3.06. The maximum absolute atomic E-state index is 12.4. The molecule has 0 spiro atoms. The van der Waals surface area contributed by atoms with E-state index in [9.17, 15) is 4.79 Å². The van der Waals surface area contributed by atoms with Crippen LogP contribution in [0.4, 0.5) is 0 Å². The summed E-state index contributed by atoms with van der Waals surface area (Å²) in [6.45, 7) is 0.634. The van der Waals surface area contributed by atoms with Gasteiger partial charge in [0, 0.05) is 24.6 Å². The maximum Gasteiger partial charge on any atom is 0.253 e. The number of hydrogen-bond acceptors (Lipinski definition) is 3. The topological polar surface area (TPSA) is 72.4 Å². The fourth-order valence-corrected chi connectivity index (χ4v) is 3.43. The van der Waals surface area contributed by atoms with Gasteiger partial charge in [-0.15, -0.1) is 0 Å². The number of nitrogens with two attached hydrogens (primary N) is 1. The molecule has 0 saturated heterocycles. The highest BCUT2D eigenvalue weighted by Gasteiger charge is 2.27. The molecule has 1 amide bonds. The summed E-state index contributed by atoms with van der Waals surface area (Å²) in [6.07, 6.45) is 8.60. The molecular weight excluding hydrogens is 320 g/mol. The van der Waals surface area contributed by atoms with Gasteiger partial charge in [0.05, 0.1) is 10.0 Å². The predicted octanol–water partition coefficient (Wildman–Crippen LogP) is 1.95. The molecule has 3 rings (SSSR count). The van der Waals surface area contributed by atoms with E-state index in [1.54, 1.807) is 12.4 Å². The lowest BCUT2D eigenvalue weighted by Gasteiger charge is -2.19. The van der Waals surface area contributed by atoms with E-state index in [0.717, 1.165) is 29.4 Å². The van der Waals surface area contributed by atoms with Gasteiger partial charge in [-0.3, -0.25) is 4.79 Å². The Bertz CT molecular complexity index is 639. The fraction of sp³-hybridized carbons (Fsp3) is 0.429. The van der Waals surface area contributed by atoms with Crippen molar-refractivity contribution in [2.45, 2.75) is 25.3 Å². The molecule has 2 aromatic heterocycles. The Labute approximate surface area is 125 Å². The Balaban J connectivity index is 1.81. The van der Waals surface area contributed by atoms with Crippen molar-refractivity contribution in [3.8, 4) is 0 Å². The number of imidazole rings is 1. The molecule has 2 heterocycles. The Morgan fingerprint density at radius 3 is 3.20 bits per heavy atom. The Morgan fingerprint density at radius 2 is 2.40 bits per heavy atom. The predicted molar refractivity (Wildman–Crippen MR) is 80.5 cm³/mol. The molecule has 1 aliphatic carbocycles. The van der Waals surface area contributed by atoms with Gasteiger partial charge in [-0.1, -0.05) is 6.42 Å². The van der Waals surface area contributed by atoms with E-state index < -0.39 is 0 Å². The van der Waals surface area contributed by atoms with Gasteiger partial charge in [-0.05, 0) is 47.3 Å². The number of pyridine rings is 1. The monoisotopic (exact) mass is 336 g/mol. The van der Waals surface area contributed by atoms with Crippen molar-refractivity contribution in [1.82, 2.24) is 14.7 Å². The Hall–Kier alpha value is -1.40. The minimum absolute atomic E-state index is 0.0494. The summed E-state index contributed by atoms with van der Waals surface area (Å²) in [6, 6.07) is 2.01. The normalized spacial score (nSPS) is 22.3. The van der Waals surface area contributed by atoms with Gasteiger partial charge < -0.3 is 15.5 Å². The van der Waals surface area contributed by atoms with E-state index in [1.165, 1.54) is 0 Å². The van der Waals surface area contributed by atoms with Crippen LogP contribution in [-0.4, -0.2) is 27.9 Å². The molecule has 5 nitrogen and oxygen atoms in total. The molecule has 0 bridgehead atoms. The van der Waals surface area contributed by atoms with E-state index in [0.29, 0.717) is 18.0 Å². The largest absolute Gasteiger partial charge is 0.349 e. The molecule has 106 valence electrons. The molecule has 0 aromatic carbocycles. The number of hydrogen-bond donors (Lipinski definition) is 2. The van der Waals surface area contributed by atoms with E-state index in [1.807, 2.05) is 16.7 Å². The third-order valence-electron chi connectivity index (χ3n) is 3.98. The van der Waals surface area contributed by atoms with Crippen LogP contribution in [0.2, 0.25) is 0 Å². The van der Waals surface area contributed by atoms with Crippen molar-refractivity contribution in [3.63, 3.8) is 0 Å². The minimum Gasteiger partial charge on any atom is -0.349 e. The highest BCUT2D eigenvalue weighted by atomic mass is 79.9. The molecule has 1 aliphatic rings. The standard InChI is InChI=1S/C14H17BrN4O/c15-11-6-10(8-19-5-4-17-13(11)19)14(20)18-12-3-1-2-9(12)7-16/h4-6,8-9,12H,1-3,7,16H2,(H,18,20). The van der Waals surface area contributed by atoms with Crippen molar-refractivity contribution in [2.24, 2.45) is 11.7 Å². The first kappa shape index (κ1) is 13.6. The van der Waals surface area contributed by atoms with Crippen molar-refractivity contribution in [2.75, 3.05) is 6.54 Å². The third kappa shape index (κ3) is 2.45. The summed E-state index contributed by atoms with van der Waals surface area (Å²) in [5.74, 6) is 0.353. The zero-order valence-corrected chi connectivity index (χ0v) is 12.6. The van der Waals surface area contributed by atoms with Crippen molar-refractivity contribution >= 4 is 27.5 Å². The zero-order valence-electron chi connectivity index (χ0n) is 11.1. The van der Waals surface area contributed by atoms with E-state index in [-0.39, 0.29) is 11.9 Å².